The molecule has 1 atom stereocenters. The summed E-state index contributed by atoms with van der Waals surface area (Å²) in [6.07, 6.45) is 1.58. The lowest BCUT2D eigenvalue weighted by molar-refractivity contribution is -0.143. The minimum absolute atomic E-state index is 0.0472. The highest BCUT2D eigenvalue weighted by Crippen LogP contribution is 2.17. The number of ether oxygens (including phenoxy) is 1. The first-order chi connectivity index (χ1) is 14.9. The number of aryl methyl sites for hydroxylation is 1. The second-order valence-electron chi connectivity index (χ2n) is 7.89. The van der Waals surface area contributed by atoms with Crippen LogP contribution in [0.4, 0.5) is 0 Å². The standard InChI is InChI=1S/C25H30N2O4/c1-19(28)22-11-7-12-23(18-22)31-20(2)25(30)27-16-14-26(15-17-27)24(29)13-6-10-21-8-4-3-5-9-21/h3-5,7-9,11-12,18,20H,6,10,13-17H2,1-2H3. The van der Waals surface area contributed by atoms with E-state index < -0.39 is 6.10 Å². The van der Waals surface area contributed by atoms with Crippen LogP contribution in [0.2, 0.25) is 0 Å². The van der Waals surface area contributed by atoms with Crippen molar-refractivity contribution in [3.05, 3.63) is 65.7 Å². The molecule has 1 aliphatic rings. The molecule has 1 heterocycles. The van der Waals surface area contributed by atoms with Gasteiger partial charge in [0.1, 0.15) is 5.75 Å². The third kappa shape index (κ3) is 6.41. The van der Waals surface area contributed by atoms with Crippen molar-refractivity contribution < 1.29 is 19.1 Å². The Labute approximate surface area is 183 Å². The predicted octanol–water partition coefficient (Wildman–Crippen LogP) is 3.35. The summed E-state index contributed by atoms with van der Waals surface area (Å²) < 4.78 is 5.77. The van der Waals surface area contributed by atoms with Crippen LogP contribution < -0.4 is 4.74 Å². The van der Waals surface area contributed by atoms with Gasteiger partial charge in [-0.1, -0.05) is 42.5 Å². The molecule has 0 spiro atoms. The summed E-state index contributed by atoms with van der Waals surface area (Å²) in [5.74, 6) is 0.493. The lowest BCUT2D eigenvalue weighted by atomic mass is 10.1. The third-order valence-corrected chi connectivity index (χ3v) is 5.54. The van der Waals surface area contributed by atoms with Crippen LogP contribution >= 0.6 is 0 Å². The van der Waals surface area contributed by atoms with Gasteiger partial charge in [-0.25, -0.2) is 0 Å². The molecule has 6 nitrogen and oxygen atoms in total. The zero-order valence-electron chi connectivity index (χ0n) is 18.3. The van der Waals surface area contributed by atoms with Gasteiger partial charge in [-0.2, -0.15) is 0 Å². The first-order valence-corrected chi connectivity index (χ1v) is 10.8. The summed E-state index contributed by atoms with van der Waals surface area (Å²) in [5, 5.41) is 0. The van der Waals surface area contributed by atoms with Crippen LogP contribution in [-0.2, 0) is 16.0 Å². The predicted molar refractivity (Wildman–Crippen MR) is 119 cm³/mol. The molecule has 1 fully saturated rings. The average Bonchev–Trinajstić information content (AvgIpc) is 2.79. The molecule has 0 saturated carbocycles. The molecule has 0 aliphatic carbocycles. The molecule has 3 rings (SSSR count). The minimum atomic E-state index is -0.657. The van der Waals surface area contributed by atoms with E-state index in [1.165, 1.54) is 12.5 Å². The van der Waals surface area contributed by atoms with Crippen LogP contribution in [0.5, 0.6) is 5.75 Å². The van der Waals surface area contributed by atoms with Crippen LogP contribution in [0.15, 0.2) is 54.6 Å². The Balaban J connectivity index is 1.43. The number of hydrogen-bond donors (Lipinski definition) is 0. The zero-order valence-corrected chi connectivity index (χ0v) is 18.3. The zero-order chi connectivity index (χ0) is 22.2. The Morgan fingerprint density at radius 3 is 2.29 bits per heavy atom. The summed E-state index contributed by atoms with van der Waals surface area (Å²) in [6.45, 7) is 5.31. The number of Topliss-reactive ketones (excluding diaryl/α,β-unsaturated/α-hetero) is 1. The van der Waals surface area contributed by atoms with Crippen molar-refractivity contribution >= 4 is 17.6 Å². The van der Waals surface area contributed by atoms with Crippen molar-refractivity contribution in [2.24, 2.45) is 0 Å². The van der Waals surface area contributed by atoms with Gasteiger partial charge in [0, 0.05) is 38.2 Å². The molecule has 2 aromatic carbocycles. The topological polar surface area (TPSA) is 66.9 Å². The van der Waals surface area contributed by atoms with E-state index in [0.717, 1.165) is 12.8 Å². The fourth-order valence-corrected chi connectivity index (χ4v) is 3.72. The lowest BCUT2D eigenvalue weighted by Crippen LogP contribution is -2.53. The second-order valence-corrected chi connectivity index (χ2v) is 7.89. The van der Waals surface area contributed by atoms with Crippen LogP contribution in [0.25, 0.3) is 0 Å². The highest BCUT2D eigenvalue weighted by molar-refractivity contribution is 5.94. The molecule has 1 unspecified atom stereocenters. The van der Waals surface area contributed by atoms with Crippen molar-refractivity contribution in [2.75, 3.05) is 26.2 Å². The number of piperazine rings is 1. The number of rotatable bonds is 8. The van der Waals surface area contributed by atoms with Gasteiger partial charge >= 0.3 is 0 Å². The molecule has 1 aliphatic heterocycles. The van der Waals surface area contributed by atoms with Crippen molar-refractivity contribution in [1.29, 1.82) is 0 Å². The summed E-state index contributed by atoms with van der Waals surface area (Å²) in [7, 11) is 0. The van der Waals surface area contributed by atoms with Crippen LogP contribution in [0, 0.1) is 0 Å². The Morgan fingerprint density at radius 1 is 0.935 bits per heavy atom. The van der Waals surface area contributed by atoms with Gasteiger partial charge in [0.15, 0.2) is 11.9 Å². The highest BCUT2D eigenvalue weighted by atomic mass is 16.5. The molecular formula is C25H30N2O4. The molecule has 1 saturated heterocycles. The van der Waals surface area contributed by atoms with Gasteiger partial charge in [-0.3, -0.25) is 14.4 Å². The summed E-state index contributed by atoms with van der Waals surface area (Å²) >= 11 is 0. The number of hydrogen-bond acceptors (Lipinski definition) is 4. The monoisotopic (exact) mass is 422 g/mol. The molecule has 0 N–H and O–H groups in total. The molecule has 0 aromatic heterocycles. The normalized spacial score (nSPS) is 14.8. The van der Waals surface area contributed by atoms with Gasteiger partial charge < -0.3 is 14.5 Å². The van der Waals surface area contributed by atoms with Gasteiger partial charge in [0.25, 0.3) is 5.91 Å². The lowest BCUT2D eigenvalue weighted by Gasteiger charge is -2.36. The Morgan fingerprint density at radius 2 is 1.61 bits per heavy atom. The number of benzene rings is 2. The second kappa shape index (κ2) is 10.8. The number of carbonyl (C=O) groups excluding carboxylic acids is 3. The average molecular weight is 423 g/mol. The van der Waals surface area contributed by atoms with Gasteiger partial charge in [0.2, 0.25) is 5.91 Å². The number of nitrogens with zero attached hydrogens (tertiary/aromatic N) is 2. The SMILES string of the molecule is CC(=O)c1cccc(OC(C)C(=O)N2CCN(C(=O)CCCc3ccccc3)CC2)c1. The molecule has 0 bridgehead atoms. The van der Waals surface area contributed by atoms with Crippen molar-refractivity contribution in [3.8, 4) is 5.75 Å². The van der Waals surface area contributed by atoms with Gasteiger partial charge in [-0.15, -0.1) is 0 Å². The van der Waals surface area contributed by atoms with Crippen molar-refractivity contribution in [1.82, 2.24) is 9.80 Å². The quantitative estimate of drug-likeness (QED) is 0.612. The fraction of sp³-hybridized carbons (Fsp3) is 0.400. The largest absolute Gasteiger partial charge is 0.481 e. The van der Waals surface area contributed by atoms with Gasteiger partial charge in [0.05, 0.1) is 0 Å². The maximum atomic E-state index is 12.8. The molecule has 2 amide bonds. The molecular weight excluding hydrogens is 392 g/mol. The first kappa shape index (κ1) is 22.5. The number of carbonyl (C=O) groups is 3. The summed E-state index contributed by atoms with van der Waals surface area (Å²) in [6, 6.07) is 17.0. The first-order valence-electron chi connectivity index (χ1n) is 10.8. The smallest absolute Gasteiger partial charge is 0.263 e. The van der Waals surface area contributed by atoms with E-state index in [2.05, 4.69) is 12.1 Å². The molecule has 164 valence electrons. The Bertz CT molecular complexity index is 905. The van der Waals surface area contributed by atoms with E-state index in [-0.39, 0.29) is 17.6 Å². The number of ketones is 1. The highest BCUT2D eigenvalue weighted by Gasteiger charge is 2.27. The Kier molecular flexibility index (Phi) is 7.82. The van der Waals surface area contributed by atoms with Crippen molar-refractivity contribution in [2.45, 2.75) is 39.2 Å². The number of amides is 2. The Hall–Kier alpha value is -3.15. The van der Waals surface area contributed by atoms with E-state index in [4.69, 9.17) is 4.74 Å². The van der Waals surface area contributed by atoms with Crippen molar-refractivity contribution in [3.63, 3.8) is 0 Å². The molecule has 0 radical (unpaired) electrons. The van der Waals surface area contributed by atoms with E-state index in [0.29, 0.717) is 43.9 Å². The van der Waals surface area contributed by atoms with E-state index in [9.17, 15) is 14.4 Å². The van der Waals surface area contributed by atoms with Crippen LogP contribution in [0.3, 0.4) is 0 Å². The molecule has 6 heteroatoms. The van der Waals surface area contributed by atoms with E-state index in [1.807, 2.05) is 23.1 Å². The maximum Gasteiger partial charge on any atom is 0.263 e. The third-order valence-electron chi connectivity index (χ3n) is 5.54. The summed E-state index contributed by atoms with van der Waals surface area (Å²) in [5.41, 5.74) is 1.80. The van der Waals surface area contributed by atoms with Gasteiger partial charge in [-0.05, 0) is 44.4 Å². The summed E-state index contributed by atoms with van der Waals surface area (Å²) in [4.78, 5) is 40.4. The fourth-order valence-electron chi connectivity index (χ4n) is 3.72. The van der Waals surface area contributed by atoms with E-state index in [1.54, 1.807) is 36.1 Å². The minimum Gasteiger partial charge on any atom is -0.481 e. The van der Waals surface area contributed by atoms with E-state index >= 15 is 0 Å². The molecule has 31 heavy (non-hydrogen) atoms. The van der Waals surface area contributed by atoms with Crippen LogP contribution in [0.1, 0.15) is 42.6 Å². The molecule has 2 aromatic rings. The maximum absolute atomic E-state index is 12.8. The van der Waals surface area contributed by atoms with Crippen LogP contribution in [-0.4, -0.2) is 59.7 Å².